The van der Waals surface area contributed by atoms with E-state index in [0.717, 1.165) is 32.9 Å². The van der Waals surface area contributed by atoms with Crippen LogP contribution in [0.5, 0.6) is 0 Å². The van der Waals surface area contributed by atoms with Crippen molar-refractivity contribution in [3.63, 3.8) is 0 Å². The van der Waals surface area contributed by atoms with Gasteiger partial charge in [-0.05, 0) is 24.3 Å². The number of benzene rings is 2. The lowest BCUT2D eigenvalue weighted by atomic mass is 10.3. The molecule has 0 fully saturated rings. The van der Waals surface area contributed by atoms with E-state index < -0.39 is 0 Å². The molecule has 3 nitrogen and oxygen atoms in total. The molecular weight excluding hydrogens is 234 g/mol. The topological polar surface area (TPSA) is 33.1 Å². The lowest BCUT2D eigenvalue weighted by Gasteiger charge is -1.96. The second-order valence-corrected chi connectivity index (χ2v) is 4.43. The fourth-order valence-corrected chi connectivity index (χ4v) is 2.56. The van der Waals surface area contributed by atoms with Crippen molar-refractivity contribution in [2.45, 2.75) is 0 Å². The average molecular weight is 242 g/mol. The number of aromatic amines is 1. The maximum absolute atomic E-state index is 6.27. The van der Waals surface area contributed by atoms with Crippen LogP contribution in [0.3, 0.4) is 0 Å². The molecule has 2 aromatic heterocycles. The van der Waals surface area contributed by atoms with Crippen LogP contribution >= 0.6 is 11.6 Å². The number of imidazole rings is 2. The summed E-state index contributed by atoms with van der Waals surface area (Å²) in [6.45, 7) is 0. The van der Waals surface area contributed by atoms with Gasteiger partial charge in [0, 0.05) is 0 Å². The Morgan fingerprint density at radius 3 is 2.88 bits per heavy atom. The van der Waals surface area contributed by atoms with Crippen molar-refractivity contribution < 1.29 is 0 Å². The number of nitrogens with one attached hydrogen (secondary N) is 1. The Labute approximate surface area is 102 Å². The standard InChI is InChI=1S/C13H8ClN3/c14-8-4-3-6-10-12(8)17-11-7-2-1-5-9(11)15-13(17)16-10/h1-7H,(H,15,16). The third-order valence-corrected chi connectivity index (χ3v) is 3.32. The van der Waals surface area contributed by atoms with Gasteiger partial charge in [0.05, 0.1) is 27.1 Å². The van der Waals surface area contributed by atoms with Gasteiger partial charge in [0.25, 0.3) is 0 Å². The summed E-state index contributed by atoms with van der Waals surface area (Å²) in [5, 5.41) is 0.733. The number of hydrogen-bond donors (Lipinski definition) is 1. The number of fused-ring (bicyclic) bond motifs is 5. The SMILES string of the molecule is Clc1cccc2[nH]c3nc4ccccc4n3c12. The number of nitrogens with zero attached hydrogens (tertiary/aromatic N) is 2. The molecule has 4 rings (SSSR count). The van der Waals surface area contributed by atoms with Gasteiger partial charge in [-0.25, -0.2) is 4.98 Å². The van der Waals surface area contributed by atoms with E-state index in [1.54, 1.807) is 0 Å². The zero-order chi connectivity index (χ0) is 11.4. The van der Waals surface area contributed by atoms with Gasteiger partial charge in [-0.2, -0.15) is 0 Å². The van der Waals surface area contributed by atoms with E-state index in [1.165, 1.54) is 0 Å². The third-order valence-electron chi connectivity index (χ3n) is 3.02. The maximum atomic E-state index is 6.27. The number of H-pyrrole nitrogens is 1. The fraction of sp³-hybridized carbons (Fsp3) is 0. The van der Waals surface area contributed by atoms with Crippen LogP contribution in [0.4, 0.5) is 0 Å². The molecule has 0 aliphatic rings. The molecule has 4 heteroatoms. The fourth-order valence-electron chi connectivity index (χ4n) is 2.30. The van der Waals surface area contributed by atoms with Gasteiger partial charge in [0.1, 0.15) is 0 Å². The molecule has 0 saturated heterocycles. The van der Waals surface area contributed by atoms with Crippen LogP contribution < -0.4 is 0 Å². The Morgan fingerprint density at radius 1 is 1.06 bits per heavy atom. The van der Waals surface area contributed by atoms with Crippen LogP contribution in [-0.4, -0.2) is 14.4 Å². The van der Waals surface area contributed by atoms with Crippen molar-refractivity contribution in [1.29, 1.82) is 0 Å². The zero-order valence-electron chi connectivity index (χ0n) is 8.81. The van der Waals surface area contributed by atoms with Crippen LogP contribution in [-0.2, 0) is 0 Å². The van der Waals surface area contributed by atoms with E-state index in [-0.39, 0.29) is 0 Å². The van der Waals surface area contributed by atoms with Gasteiger partial charge in [-0.3, -0.25) is 4.40 Å². The highest BCUT2D eigenvalue weighted by atomic mass is 35.5. The number of aromatic nitrogens is 3. The Bertz CT molecular complexity index is 857. The van der Waals surface area contributed by atoms with Crippen LogP contribution in [0.15, 0.2) is 42.5 Å². The van der Waals surface area contributed by atoms with Crippen LogP contribution in [0, 0.1) is 0 Å². The average Bonchev–Trinajstić information content (AvgIpc) is 2.84. The molecule has 0 aliphatic heterocycles. The van der Waals surface area contributed by atoms with Gasteiger partial charge in [0.2, 0.25) is 5.78 Å². The van der Waals surface area contributed by atoms with Crippen molar-refractivity contribution in [2.75, 3.05) is 0 Å². The summed E-state index contributed by atoms with van der Waals surface area (Å²) in [4.78, 5) is 7.82. The Hall–Kier alpha value is -2.00. The Morgan fingerprint density at radius 2 is 1.94 bits per heavy atom. The highest BCUT2D eigenvalue weighted by Gasteiger charge is 2.11. The molecule has 0 saturated carbocycles. The third kappa shape index (κ3) is 1.09. The minimum atomic E-state index is 0.733. The van der Waals surface area contributed by atoms with Crippen molar-refractivity contribution in [3.05, 3.63) is 47.5 Å². The minimum Gasteiger partial charge on any atom is -0.323 e. The summed E-state index contributed by atoms with van der Waals surface area (Å²) < 4.78 is 2.06. The van der Waals surface area contributed by atoms with Gasteiger partial charge >= 0.3 is 0 Å². The minimum absolute atomic E-state index is 0.733. The monoisotopic (exact) mass is 241 g/mol. The number of halogens is 1. The van der Waals surface area contributed by atoms with Crippen molar-refractivity contribution in [2.24, 2.45) is 0 Å². The lowest BCUT2D eigenvalue weighted by molar-refractivity contribution is 1.28. The molecule has 0 spiro atoms. The first-order chi connectivity index (χ1) is 8.34. The largest absolute Gasteiger partial charge is 0.323 e. The van der Waals surface area contributed by atoms with E-state index in [4.69, 9.17) is 11.6 Å². The first-order valence-electron chi connectivity index (χ1n) is 5.38. The number of hydrogen-bond acceptors (Lipinski definition) is 1. The second kappa shape index (κ2) is 3.02. The highest BCUT2D eigenvalue weighted by molar-refractivity contribution is 6.35. The second-order valence-electron chi connectivity index (χ2n) is 4.02. The predicted octanol–water partition coefficient (Wildman–Crippen LogP) is 3.62. The quantitative estimate of drug-likeness (QED) is 0.501. The molecule has 0 amide bonds. The Kier molecular flexibility index (Phi) is 1.61. The van der Waals surface area contributed by atoms with Gasteiger partial charge in [-0.15, -0.1) is 0 Å². The van der Waals surface area contributed by atoms with Gasteiger partial charge in [-0.1, -0.05) is 29.8 Å². The lowest BCUT2D eigenvalue weighted by Crippen LogP contribution is -1.80. The van der Waals surface area contributed by atoms with E-state index in [2.05, 4.69) is 14.4 Å². The molecule has 0 bridgehead atoms. The molecule has 0 unspecified atom stereocenters. The van der Waals surface area contributed by atoms with Crippen molar-refractivity contribution >= 4 is 39.4 Å². The summed E-state index contributed by atoms with van der Waals surface area (Å²) in [7, 11) is 0. The normalized spacial score (nSPS) is 11.8. The molecule has 1 N–H and O–H groups in total. The van der Waals surface area contributed by atoms with Gasteiger partial charge < -0.3 is 4.98 Å². The smallest absolute Gasteiger partial charge is 0.213 e. The van der Waals surface area contributed by atoms with E-state index in [0.29, 0.717) is 0 Å². The molecular formula is C13H8ClN3. The van der Waals surface area contributed by atoms with E-state index in [9.17, 15) is 0 Å². The van der Waals surface area contributed by atoms with E-state index >= 15 is 0 Å². The molecule has 0 atom stereocenters. The van der Waals surface area contributed by atoms with Crippen LogP contribution in [0.25, 0.3) is 27.8 Å². The highest BCUT2D eigenvalue weighted by Crippen LogP contribution is 2.27. The molecule has 4 aromatic rings. The van der Waals surface area contributed by atoms with Gasteiger partial charge in [0.15, 0.2) is 0 Å². The van der Waals surface area contributed by atoms with E-state index in [1.807, 2.05) is 42.5 Å². The van der Waals surface area contributed by atoms with Crippen molar-refractivity contribution in [3.8, 4) is 0 Å². The first-order valence-corrected chi connectivity index (χ1v) is 5.76. The summed E-state index contributed by atoms with van der Waals surface area (Å²) in [6, 6.07) is 13.9. The summed E-state index contributed by atoms with van der Waals surface area (Å²) >= 11 is 6.27. The summed E-state index contributed by atoms with van der Waals surface area (Å²) in [6.07, 6.45) is 0. The molecule has 17 heavy (non-hydrogen) atoms. The summed E-state index contributed by atoms with van der Waals surface area (Å²) in [5.41, 5.74) is 4.03. The number of para-hydroxylation sites is 3. The van der Waals surface area contributed by atoms with Crippen LogP contribution in [0.1, 0.15) is 0 Å². The molecule has 2 aromatic carbocycles. The molecule has 2 heterocycles. The summed E-state index contributed by atoms with van der Waals surface area (Å²) in [5.74, 6) is 0.828. The van der Waals surface area contributed by atoms with Crippen molar-refractivity contribution in [1.82, 2.24) is 14.4 Å². The predicted molar refractivity (Wildman–Crippen MR) is 69.6 cm³/mol. The molecule has 0 radical (unpaired) electrons. The molecule has 0 aliphatic carbocycles. The van der Waals surface area contributed by atoms with Crippen LogP contribution in [0.2, 0.25) is 5.02 Å². The Balaban J connectivity index is 2.39. The zero-order valence-corrected chi connectivity index (χ0v) is 9.57. The maximum Gasteiger partial charge on any atom is 0.213 e. The number of rotatable bonds is 0. The molecule has 82 valence electrons. The first kappa shape index (κ1) is 9.07.